The molecule has 0 fully saturated rings. The van der Waals surface area contributed by atoms with Gasteiger partial charge in [-0.25, -0.2) is 0 Å². The minimum atomic E-state index is -1.04. The van der Waals surface area contributed by atoms with Crippen LogP contribution in [0.2, 0.25) is 0 Å². The number of carboxylic acid groups (broad SMARTS) is 1. The summed E-state index contributed by atoms with van der Waals surface area (Å²) in [7, 11) is 0. The molecule has 2 N–H and O–H groups in total. The Morgan fingerprint density at radius 1 is 1.40 bits per heavy atom. The van der Waals surface area contributed by atoms with Crippen molar-refractivity contribution >= 4 is 27.8 Å². The molecule has 0 atom stereocenters. The van der Waals surface area contributed by atoms with Crippen molar-refractivity contribution in [3.63, 3.8) is 0 Å². The summed E-state index contributed by atoms with van der Waals surface area (Å²) in [6, 6.07) is 7.31. The van der Waals surface area contributed by atoms with E-state index in [1.807, 2.05) is 24.3 Å². The second-order valence-corrected chi connectivity index (χ2v) is 3.89. The maximum atomic E-state index is 11.2. The molecule has 0 bridgehead atoms. The van der Waals surface area contributed by atoms with Crippen LogP contribution in [-0.2, 0) is 16.0 Å². The molecule has 0 aliphatic heterocycles. The second kappa shape index (κ2) is 5.50. The van der Waals surface area contributed by atoms with Gasteiger partial charge in [0.2, 0.25) is 5.91 Å². The highest BCUT2D eigenvalue weighted by atomic mass is 79.9. The van der Waals surface area contributed by atoms with Crippen molar-refractivity contribution in [1.29, 1.82) is 0 Å². The van der Waals surface area contributed by atoms with Gasteiger partial charge < -0.3 is 10.4 Å². The molecule has 1 aromatic rings. The zero-order valence-corrected chi connectivity index (χ0v) is 9.45. The first-order chi connectivity index (χ1) is 7.08. The van der Waals surface area contributed by atoms with Gasteiger partial charge in [0.25, 0.3) is 0 Å². The van der Waals surface area contributed by atoms with Gasteiger partial charge in [-0.05, 0) is 17.7 Å². The number of halogens is 1. The molecule has 0 aromatic heterocycles. The monoisotopic (exact) mass is 271 g/mol. The van der Waals surface area contributed by atoms with E-state index in [-0.39, 0.29) is 18.9 Å². The average Bonchev–Trinajstić information content (AvgIpc) is 2.15. The zero-order chi connectivity index (χ0) is 11.3. The van der Waals surface area contributed by atoms with Crippen molar-refractivity contribution in [3.05, 3.63) is 34.3 Å². The van der Waals surface area contributed by atoms with Crippen LogP contribution in [0.3, 0.4) is 0 Å². The summed E-state index contributed by atoms with van der Waals surface area (Å²) in [4.78, 5) is 21.4. The van der Waals surface area contributed by atoms with Crippen molar-refractivity contribution in [2.24, 2.45) is 0 Å². The fourth-order valence-electron chi connectivity index (χ4n) is 1.07. The summed E-state index contributed by atoms with van der Waals surface area (Å²) < 4.78 is 0.894. The van der Waals surface area contributed by atoms with Crippen molar-refractivity contribution < 1.29 is 14.7 Å². The lowest BCUT2D eigenvalue weighted by molar-refractivity contribution is -0.137. The molecule has 0 aliphatic carbocycles. The Balaban J connectivity index is 2.48. The molecule has 4 nitrogen and oxygen atoms in total. The fourth-order valence-corrected chi connectivity index (χ4v) is 1.52. The lowest BCUT2D eigenvalue weighted by Crippen LogP contribution is -2.30. The van der Waals surface area contributed by atoms with Crippen LogP contribution in [0.1, 0.15) is 5.56 Å². The normalized spacial score (nSPS) is 9.67. The first-order valence-corrected chi connectivity index (χ1v) is 5.10. The van der Waals surface area contributed by atoms with Crippen molar-refractivity contribution in [2.75, 3.05) is 6.54 Å². The third kappa shape index (κ3) is 4.60. The van der Waals surface area contributed by atoms with Crippen LogP contribution in [0.25, 0.3) is 0 Å². The van der Waals surface area contributed by atoms with E-state index in [1.165, 1.54) is 0 Å². The van der Waals surface area contributed by atoms with E-state index in [1.54, 1.807) is 0 Å². The highest BCUT2D eigenvalue weighted by Gasteiger charge is 2.05. The molecule has 0 heterocycles. The van der Waals surface area contributed by atoms with Gasteiger partial charge in [0.05, 0.1) is 6.42 Å². The topological polar surface area (TPSA) is 66.4 Å². The van der Waals surface area contributed by atoms with Gasteiger partial charge in [0.1, 0.15) is 6.54 Å². The van der Waals surface area contributed by atoms with E-state index in [2.05, 4.69) is 21.2 Å². The first-order valence-electron chi connectivity index (χ1n) is 4.31. The number of aliphatic carboxylic acids is 1. The number of carboxylic acids is 1. The molecule has 1 amide bonds. The number of hydrogen-bond donors (Lipinski definition) is 2. The molecule has 1 aromatic carbocycles. The molecule has 0 aliphatic rings. The Labute approximate surface area is 95.4 Å². The van der Waals surface area contributed by atoms with E-state index in [9.17, 15) is 9.59 Å². The molecular formula is C10H10BrNO3. The van der Waals surface area contributed by atoms with E-state index < -0.39 is 5.97 Å². The Kier molecular flexibility index (Phi) is 4.30. The van der Waals surface area contributed by atoms with Crippen LogP contribution in [0.4, 0.5) is 0 Å². The summed E-state index contributed by atoms with van der Waals surface area (Å²) in [6.45, 7) is -0.340. The Hall–Kier alpha value is -1.36. The molecule has 1 rings (SSSR count). The number of nitrogens with one attached hydrogen (secondary N) is 1. The Morgan fingerprint density at radius 2 is 2.13 bits per heavy atom. The highest BCUT2D eigenvalue weighted by Crippen LogP contribution is 2.11. The average molecular weight is 272 g/mol. The molecule has 80 valence electrons. The predicted molar refractivity (Wildman–Crippen MR) is 58.5 cm³/mol. The molecule has 0 radical (unpaired) electrons. The molecule has 0 spiro atoms. The lowest BCUT2D eigenvalue weighted by Gasteiger charge is -2.02. The maximum Gasteiger partial charge on any atom is 0.322 e. The van der Waals surface area contributed by atoms with Crippen LogP contribution in [0, 0.1) is 0 Å². The van der Waals surface area contributed by atoms with Crippen LogP contribution in [-0.4, -0.2) is 23.5 Å². The Morgan fingerprint density at radius 3 is 2.73 bits per heavy atom. The number of amides is 1. The number of hydrogen-bond acceptors (Lipinski definition) is 2. The van der Waals surface area contributed by atoms with Crippen molar-refractivity contribution in [2.45, 2.75) is 6.42 Å². The fraction of sp³-hybridized carbons (Fsp3) is 0.200. The van der Waals surface area contributed by atoms with Crippen LogP contribution >= 0.6 is 15.9 Å². The van der Waals surface area contributed by atoms with Gasteiger partial charge in [0, 0.05) is 4.47 Å². The molecule has 0 saturated heterocycles. The van der Waals surface area contributed by atoms with E-state index in [0.29, 0.717) is 0 Å². The van der Waals surface area contributed by atoms with E-state index in [0.717, 1.165) is 10.0 Å². The molecule has 0 saturated carbocycles. The van der Waals surface area contributed by atoms with Gasteiger partial charge >= 0.3 is 5.97 Å². The maximum absolute atomic E-state index is 11.2. The second-order valence-electron chi connectivity index (χ2n) is 2.98. The third-order valence-electron chi connectivity index (χ3n) is 1.69. The molecule has 15 heavy (non-hydrogen) atoms. The van der Waals surface area contributed by atoms with Gasteiger partial charge in [-0.3, -0.25) is 9.59 Å². The summed E-state index contributed by atoms with van der Waals surface area (Å²) in [5.74, 6) is -1.34. The van der Waals surface area contributed by atoms with Crippen LogP contribution in [0.5, 0.6) is 0 Å². The first kappa shape index (κ1) is 11.7. The summed E-state index contributed by atoms with van der Waals surface area (Å²) in [5.41, 5.74) is 0.840. The standard InChI is InChI=1S/C10H10BrNO3/c11-8-3-1-2-7(4-8)5-9(13)12-6-10(14)15/h1-4H,5-6H2,(H,12,13)(H,14,15). The number of carbonyl (C=O) groups excluding carboxylic acids is 1. The van der Waals surface area contributed by atoms with Crippen molar-refractivity contribution in [3.8, 4) is 0 Å². The largest absolute Gasteiger partial charge is 0.480 e. The molecule has 5 heteroatoms. The summed E-state index contributed by atoms with van der Waals surface area (Å²) in [5, 5.41) is 10.6. The number of rotatable bonds is 4. The van der Waals surface area contributed by atoms with Crippen molar-refractivity contribution in [1.82, 2.24) is 5.32 Å². The lowest BCUT2D eigenvalue weighted by atomic mass is 10.1. The molecule has 0 unspecified atom stereocenters. The van der Waals surface area contributed by atoms with E-state index >= 15 is 0 Å². The minimum absolute atomic E-state index is 0.187. The SMILES string of the molecule is O=C(O)CNC(=O)Cc1cccc(Br)c1. The quantitative estimate of drug-likeness (QED) is 0.865. The zero-order valence-electron chi connectivity index (χ0n) is 7.87. The predicted octanol–water partition coefficient (Wildman–Crippen LogP) is 1.19. The number of benzene rings is 1. The van der Waals surface area contributed by atoms with Crippen LogP contribution < -0.4 is 5.32 Å². The highest BCUT2D eigenvalue weighted by molar-refractivity contribution is 9.10. The van der Waals surface area contributed by atoms with E-state index in [4.69, 9.17) is 5.11 Å². The molecular weight excluding hydrogens is 262 g/mol. The summed E-state index contributed by atoms with van der Waals surface area (Å²) in [6.07, 6.45) is 0.187. The van der Waals surface area contributed by atoms with Gasteiger partial charge in [-0.2, -0.15) is 0 Å². The third-order valence-corrected chi connectivity index (χ3v) is 2.18. The van der Waals surface area contributed by atoms with Gasteiger partial charge in [0.15, 0.2) is 0 Å². The number of carbonyl (C=O) groups is 2. The smallest absolute Gasteiger partial charge is 0.322 e. The van der Waals surface area contributed by atoms with Crippen LogP contribution in [0.15, 0.2) is 28.7 Å². The minimum Gasteiger partial charge on any atom is -0.480 e. The summed E-state index contributed by atoms with van der Waals surface area (Å²) >= 11 is 3.29. The Bertz CT molecular complexity index is 379. The van der Waals surface area contributed by atoms with Gasteiger partial charge in [-0.1, -0.05) is 28.1 Å². The van der Waals surface area contributed by atoms with Gasteiger partial charge in [-0.15, -0.1) is 0 Å².